The Hall–Kier alpha value is -1.39. The van der Waals surface area contributed by atoms with Gasteiger partial charge in [-0.05, 0) is 52.0 Å². The predicted octanol–water partition coefficient (Wildman–Crippen LogP) is 2.35. The smallest absolute Gasteiger partial charge is 0.227 e. The van der Waals surface area contributed by atoms with Crippen molar-refractivity contribution in [2.75, 3.05) is 40.4 Å². The molecule has 0 radical (unpaired) electrons. The van der Waals surface area contributed by atoms with E-state index < -0.39 is 0 Å². The van der Waals surface area contributed by atoms with Gasteiger partial charge in [0, 0.05) is 18.5 Å². The molecule has 2 atom stereocenters. The van der Waals surface area contributed by atoms with Crippen LogP contribution in [0, 0.1) is 12.8 Å². The first-order valence-electron chi connectivity index (χ1n) is 8.55. The number of benzene rings is 1. The van der Waals surface area contributed by atoms with Crippen molar-refractivity contribution in [2.24, 2.45) is 5.92 Å². The van der Waals surface area contributed by atoms with Crippen LogP contribution in [-0.4, -0.2) is 62.1 Å². The Balaban J connectivity index is 2.03. The number of aryl methyl sites for hydroxylation is 1. The van der Waals surface area contributed by atoms with Crippen LogP contribution >= 0.6 is 0 Å². The summed E-state index contributed by atoms with van der Waals surface area (Å²) >= 11 is 0. The molecule has 4 heteroatoms. The summed E-state index contributed by atoms with van der Waals surface area (Å²) in [7, 11) is 4.17. The van der Waals surface area contributed by atoms with E-state index in [2.05, 4.69) is 45.0 Å². The highest BCUT2D eigenvalue weighted by Gasteiger charge is 2.29. The number of nitrogens with zero attached hydrogens (tertiary/aromatic N) is 2. The summed E-state index contributed by atoms with van der Waals surface area (Å²) < 4.78 is 5.75. The Morgan fingerprint density at radius 1 is 1.35 bits per heavy atom. The van der Waals surface area contributed by atoms with Crippen LogP contribution in [0.1, 0.15) is 24.5 Å². The van der Waals surface area contributed by atoms with Gasteiger partial charge in [-0.15, -0.1) is 0 Å². The van der Waals surface area contributed by atoms with Crippen LogP contribution in [0.2, 0.25) is 0 Å². The van der Waals surface area contributed by atoms with Crippen molar-refractivity contribution in [1.82, 2.24) is 9.80 Å². The zero-order valence-corrected chi connectivity index (χ0v) is 14.9. The first-order valence-corrected chi connectivity index (χ1v) is 8.55. The molecule has 4 nitrogen and oxygen atoms in total. The number of hydrogen-bond acceptors (Lipinski definition) is 3. The second-order valence-corrected chi connectivity index (χ2v) is 6.86. The molecule has 0 N–H and O–H groups in total. The lowest BCUT2D eigenvalue weighted by Gasteiger charge is -2.32. The lowest BCUT2D eigenvalue weighted by molar-refractivity contribution is -0.133. The van der Waals surface area contributed by atoms with Crippen LogP contribution in [0.4, 0.5) is 0 Å². The number of amides is 1. The maximum atomic E-state index is 12.8. The van der Waals surface area contributed by atoms with E-state index >= 15 is 0 Å². The fourth-order valence-corrected chi connectivity index (χ4v) is 3.17. The number of ether oxygens (including phenoxy) is 1. The van der Waals surface area contributed by atoms with Crippen LogP contribution in [0.15, 0.2) is 24.3 Å². The van der Waals surface area contributed by atoms with Gasteiger partial charge in [0.2, 0.25) is 5.91 Å². The van der Waals surface area contributed by atoms with E-state index in [0.29, 0.717) is 25.5 Å². The molecule has 1 aliphatic heterocycles. The molecule has 128 valence electrons. The predicted molar refractivity (Wildman–Crippen MR) is 93.5 cm³/mol. The molecule has 0 aromatic heterocycles. The van der Waals surface area contributed by atoms with Crippen LogP contribution in [0.3, 0.4) is 0 Å². The minimum atomic E-state index is 0.215. The highest BCUT2D eigenvalue weighted by Crippen LogP contribution is 2.21. The summed E-state index contributed by atoms with van der Waals surface area (Å²) in [4.78, 5) is 17.0. The zero-order valence-electron chi connectivity index (χ0n) is 14.9. The van der Waals surface area contributed by atoms with Crippen molar-refractivity contribution in [3.63, 3.8) is 0 Å². The van der Waals surface area contributed by atoms with E-state index in [0.717, 1.165) is 25.1 Å². The van der Waals surface area contributed by atoms with Crippen molar-refractivity contribution in [2.45, 2.75) is 32.7 Å². The molecule has 2 rings (SSSR count). The van der Waals surface area contributed by atoms with Gasteiger partial charge in [0.25, 0.3) is 0 Å². The van der Waals surface area contributed by atoms with Crippen LogP contribution in [0.25, 0.3) is 0 Å². The number of hydrogen-bond donors (Lipinski definition) is 0. The molecule has 23 heavy (non-hydrogen) atoms. The molecule has 1 saturated heterocycles. The van der Waals surface area contributed by atoms with E-state index in [4.69, 9.17) is 4.74 Å². The van der Waals surface area contributed by atoms with Crippen LogP contribution in [0.5, 0.6) is 0 Å². The highest BCUT2D eigenvalue weighted by molar-refractivity contribution is 5.79. The Morgan fingerprint density at radius 2 is 2.09 bits per heavy atom. The van der Waals surface area contributed by atoms with Crippen LogP contribution in [-0.2, 0) is 16.0 Å². The van der Waals surface area contributed by atoms with Crippen molar-refractivity contribution < 1.29 is 9.53 Å². The van der Waals surface area contributed by atoms with Gasteiger partial charge in [-0.3, -0.25) is 4.79 Å². The van der Waals surface area contributed by atoms with Gasteiger partial charge in [-0.1, -0.05) is 24.3 Å². The van der Waals surface area contributed by atoms with E-state index in [1.54, 1.807) is 0 Å². The van der Waals surface area contributed by atoms with E-state index in [1.165, 1.54) is 5.56 Å². The number of carbonyl (C=O) groups excluding carboxylic acids is 1. The molecule has 1 aliphatic rings. The highest BCUT2D eigenvalue weighted by atomic mass is 16.5. The molecule has 0 unspecified atom stereocenters. The molecule has 1 amide bonds. The third-order valence-corrected chi connectivity index (χ3v) is 4.85. The SMILES string of the molecule is Cc1ccccc1CC(=O)N1CCOC[C@@H](CCN(C)C)[C@@H]1C. The molecule has 0 aliphatic carbocycles. The molecule has 1 heterocycles. The molecule has 1 aromatic rings. The minimum Gasteiger partial charge on any atom is -0.379 e. The third-order valence-electron chi connectivity index (χ3n) is 4.85. The first kappa shape index (κ1) is 18.0. The summed E-state index contributed by atoms with van der Waals surface area (Å²) in [5.74, 6) is 0.618. The standard InChI is InChI=1S/C19H30N2O2/c1-15-7-5-6-8-17(15)13-19(22)21-11-12-23-14-18(16(21)2)9-10-20(3)4/h5-8,16,18H,9-14H2,1-4H3/t16-,18+/m0/s1. The van der Waals surface area contributed by atoms with Gasteiger partial charge < -0.3 is 14.5 Å². The van der Waals surface area contributed by atoms with E-state index in [1.807, 2.05) is 17.0 Å². The molecular weight excluding hydrogens is 288 g/mol. The zero-order chi connectivity index (χ0) is 16.8. The first-order chi connectivity index (χ1) is 11.0. The monoisotopic (exact) mass is 318 g/mol. The van der Waals surface area contributed by atoms with E-state index in [-0.39, 0.29) is 11.9 Å². The minimum absolute atomic E-state index is 0.215. The fourth-order valence-electron chi connectivity index (χ4n) is 3.17. The molecule has 0 spiro atoms. The normalized spacial score (nSPS) is 22.2. The fraction of sp³-hybridized carbons (Fsp3) is 0.632. The molecular formula is C19H30N2O2. The average Bonchev–Trinajstić information content (AvgIpc) is 2.69. The van der Waals surface area contributed by atoms with Gasteiger partial charge in [0.1, 0.15) is 0 Å². The molecule has 0 saturated carbocycles. The number of carbonyl (C=O) groups is 1. The summed E-state index contributed by atoms with van der Waals surface area (Å²) in [5, 5.41) is 0. The second-order valence-electron chi connectivity index (χ2n) is 6.86. The average molecular weight is 318 g/mol. The van der Waals surface area contributed by atoms with Crippen molar-refractivity contribution >= 4 is 5.91 Å². The second kappa shape index (κ2) is 8.46. The van der Waals surface area contributed by atoms with Crippen molar-refractivity contribution in [3.05, 3.63) is 35.4 Å². The summed E-state index contributed by atoms with van der Waals surface area (Å²) in [5.41, 5.74) is 2.31. The summed E-state index contributed by atoms with van der Waals surface area (Å²) in [6.45, 7) is 7.36. The lowest BCUT2D eigenvalue weighted by Crippen LogP contribution is -2.44. The molecule has 1 fully saturated rings. The van der Waals surface area contributed by atoms with Gasteiger partial charge in [0.15, 0.2) is 0 Å². The van der Waals surface area contributed by atoms with Gasteiger partial charge >= 0.3 is 0 Å². The Labute approximate surface area is 140 Å². The third kappa shape index (κ3) is 5.05. The molecule has 1 aromatic carbocycles. The summed E-state index contributed by atoms with van der Waals surface area (Å²) in [6.07, 6.45) is 1.54. The Morgan fingerprint density at radius 3 is 2.78 bits per heavy atom. The molecule has 0 bridgehead atoms. The van der Waals surface area contributed by atoms with Gasteiger partial charge in [-0.25, -0.2) is 0 Å². The van der Waals surface area contributed by atoms with Crippen molar-refractivity contribution in [1.29, 1.82) is 0 Å². The van der Waals surface area contributed by atoms with Gasteiger partial charge in [-0.2, -0.15) is 0 Å². The quantitative estimate of drug-likeness (QED) is 0.835. The summed E-state index contributed by atoms with van der Waals surface area (Å²) in [6, 6.07) is 8.37. The van der Waals surface area contributed by atoms with E-state index in [9.17, 15) is 4.79 Å². The maximum absolute atomic E-state index is 12.8. The largest absolute Gasteiger partial charge is 0.379 e. The van der Waals surface area contributed by atoms with Crippen molar-refractivity contribution in [3.8, 4) is 0 Å². The van der Waals surface area contributed by atoms with Gasteiger partial charge in [0.05, 0.1) is 19.6 Å². The Bertz CT molecular complexity index is 516. The topological polar surface area (TPSA) is 32.8 Å². The lowest BCUT2D eigenvalue weighted by atomic mass is 9.96. The van der Waals surface area contributed by atoms with Crippen LogP contribution < -0.4 is 0 Å². The Kier molecular flexibility index (Phi) is 6.60. The maximum Gasteiger partial charge on any atom is 0.227 e. The number of rotatable bonds is 5.